The van der Waals surface area contributed by atoms with Crippen LogP contribution in [0.5, 0.6) is 0 Å². The van der Waals surface area contributed by atoms with E-state index in [0.717, 1.165) is 24.9 Å². The lowest BCUT2D eigenvalue weighted by atomic mass is 10.1. The number of hydrogen-bond acceptors (Lipinski definition) is 6. The van der Waals surface area contributed by atoms with E-state index in [2.05, 4.69) is 15.5 Å². The Bertz CT molecular complexity index is 997. The van der Waals surface area contributed by atoms with Gasteiger partial charge in [0.25, 0.3) is 5.91 Å². The molecule has 0 bridgehead atoms. The van der Waals surface area contributed by atoms with Gasteiger partial charge in [-0.1, -0.05) is 6.07 Å². The largest absolute Gasteiger partial charge is 0.449 e. The number of hydrogen-bond donors (Lipinski definition) is 1. The molecule has 0 saturated heterocycles. The zero-order valence-electron chi connectivity index (χ0n) is 15.3. The fourth-order valence-corrected chi connectivity index (χ4v) is 3.22. The third kappa shape index (κ3) is 3.78. The van der Waals surface area contributed by atoms with Crippen molar-refractivity contribution in [2.24, 2.45) is 0 Å². The van der Waals surface area contributed by atoms with Crippen LogP contribution in [0.3, 0.4) is 0 Å². The van der Waals surface area contributed by atoms with Crippen LogP contribution in [0.2, 0.25) is 0 Å². The molecule has 1 aliphatic rings. The van der Waals surface area contributed by atoms with Crippen molar-refractivity contribution in [2.75, 3.05) is 5.32 Å². The SMILES string of the molecule is C[C@@H](OC(=O)c1ccc(-c2nnco2)cc1)C(=O)Nc1ccc2c(c1)CCC2. The average Bonchev–Trinajstić information content (AvgIpc) is 3.39. The fraction of sp³-hybridized carbons (Fsp3) is 0.238. The van der Waals surface area contributed by atoms with Gasteiger partial charge < -0.3 is 14.5 Å². The molecule has 1 aliphatic carbocycles. The molecule has 0 spiro atoms. The number of aromatic nitrogens is 2. The number of aryl methyl sites for hydroxylation is 2. The molecule has 142 valence electrons. The highest BCUT2D eigenvalue weighted by molar-refractivity contribution is 5.97. The molecular weight excluding hydrogens is 358 g/mol. The molecule has 2 aromatic carbocycles. The summed E-state index contributed by atoms with van der Waals surface area (Å²) >= 11 is 0. The number of anilines is 1. The lowest BCUT2D eigenvalue weighted by Crippen LogP contribution is -2.30. The van der Waals surface area contributed by atoms with Gasteiger partial charge >= 0.3 is 5.97 Å². The number of ether oxygens (including phenoxy) is 1. The van der Waals surface area contributed by atoms with Crippen molar-refractivity contribution in [2.45, 2.75) is 32.3 Å². The van der Waals surface area contributed by atoms with E-state index in [4.69, 9.17) is 9.15 Å². The summed E-state index contributed by atoms with van der Waals surface area (Å²) in [6.07, 6.45) is 3.58. The van der Waals surface area contributed by atoms with Crippen molar-refractivity contribution in [3.8, 4) is 11.5 Å². The molecule has 28 heavy (non-hydrogen) atoms. The molecule has 1 amide bonds. The summed E-state index contributed by atoms with van der Waals surface area (Å²) in [7, 11) is 0. The highest BCUT2D eigenvalue weighted by Gasteiger charge is 2.20. The summed E-state index contributed by atoms with van der Waals surface area (Å²) in [5.74, 6) is -0.579. The maximum absolute atomic E-state index is 12.4. The number of benzene rings is 2. The van der Waals surface area contributed by atoms with Gasteiger partial charge in [0.1, 0.15) is 0 Å². The lowest BCUT2D eigenvalue weighted by Gasteiger charge is -2.14. The van der Waals surface area contributed by atoms with E-state index >= 15 is 0 Å². The Labute approximate surface area is 161 Å². The Morgan fingerprint density at radius 1 is 1.11 bits per heavy atom. The first kappa shape index (κ1) is 17.9. The Kier molecular flexibility index (Phi) is 4.89. The quantitative estimate of drug-likeness (QED) is 0.685. The number of nitrogens with one attached hydrogen (secondary N) is 1. The van der Waals surface area contributed by atoms with Crippen LogP contribution in [0, 0.1) is 0 Å². The molecule has 0 aliphatic heterocycles. The first-order chi connectivity index (χ1) is 13.6. The predicted octanol–water partition coefficient (Wildman–Crippen LogP) is 3.41. The summed E-state index contributed by atoms with van der Waals surface area (Å²) in [4.78, 5) is 24.7. The molecule has 7 heteroatoms. The Morgan fingerprint density at radius 3 is 2.64 bits per heavy atom. The number of carbonyl (C=O) groups excluding carboxylic acids is 2. The van der Waals surface area contributed by atoms with E-state index in [9.17, 15) is 9.59 Å². The summed E-state index contributed by atoms with van der Waals surface area (Å²) in [6, 6.07) is 12.5. The van der Waals surface area contributed by atoms with Crippen LogP contribution < -0.4 is 5.32 Å². The van der Waals surface area contributed by atoms with Gasteiger partial charge in [-0.25, -0.2) is 4.79 Å². The first-order valence-corrected chi connectivity index (χ1v) is 9.10. The highest BCUT2D eigenvalue weighted by atomic mass is 16.5. The molecule has 0 fully saturated rings. The Morgan fingerprint density at radius 2 is 1.89 bits per heavy atom. The second-order valence-corrected chi connectivity index (χ2v) is 6.70. The summed E-state index contributed by atoms with van der Waals surface area (Å²) in [6.45, 7) is 1.55. The normalized spacial score (nSPS) is 13.6. The Balaban J connectivity index is 1.36. The van der Waals surface area contributed by atoms with Gasteiger partial charge in [-0.3, -0.25) is 4.79 Å². The van der Waals surface area contributed by atoms with E-state index in [1.165, 1.54) is 17.5 Å². The zero-order valence-corrected chi connectivity index (χ0v) is 15.3. The topological polar surface area (TPSA) is 94.3 Å². The molecule has 1 atom stereocenters. The van der Waals surface area contributed by atoms with Gasteiger partial charge in [-0.15, -0.1) is 10.2 Å². The van der Waals surface area contributed by atoms with Crippen molar-refractivity contribution in [1.29, 1.82) is 0 Å². The number of carbonyl (C=O) groups is 2. The van der Waals surface area contributed by atoms with Crippen LogP contribution in [0.25, 0.3) is 11.5 Å². The van der Waals surface area contributed by atoms with E-state index in [-0.39, 0.29) is 5.91 Å². The van der Waals surface area contributed by atoms with Gasteiger partial charge in [0.15, 0.2) is 6.10 Å². The minimum Gasteiger partial charge on any atom is -0.449 e. The van der Waals surface area contributed by atoms with Crippen molar-refractivity contribution < 1.29 is 18.7 Å². The predicted molar refractivity (Wildman–Crippen MR) is 102 cm³/mol. The standard InChI is InChI=1S/C21H19N3O4/c1-13(19(25)23-18-10-9-14-3-2-4-17(14)11-18)28-21(26)16-7-5-15(6-8-16)20-24-22-12-27-20/h5-13H,2-4H2,1H3,(H,23,25)/t13-/m1/s1. The second kappa shape index (κ2) is 7.64. The monoisotopic (exact) mass is 377 g/mol. The smallest absolute Gasteiger partial charge is 0.338 e. The van der Waals surface area contributed by atoms with E-state index in [1.807, 2.05) is 18.2 Å². The van der Waals surface area contributed by atoms with Crippen molar-refractivity contribution in [1.82, 2.24) is 10.2 Å². The van der Waals surface area contributed by atoms with Crippen LogP contribution in [0.15, 0.2) is 53.3 Å². The molecule has 4 rings (SSSR count). The number of esters is 1. The molecule has 3 aromatic rings. The molecule has 0 radical (unpaired) electrons. The fourth-order valence-electron chi connectivity index (χ4n) is 3.22. The maximum atomic E-state index is 12.4. The number of amides is 1. The van der Waals surface area contributed by atoms with Crippen LogP contribution in [-0.2, 0) is 22.4 Å². The number of rotatable bonds is 5. The van der Waals surface area contributed by atoms with Crippen molar-refractivity contribution in [3.63, 3.8) is 0 Å². The summed E-state index contributed by atoms with van der Waals surface area (Å²) < 4.78 is 10.4. The van der Waals surface area contributed by atoms with Crippen LogP contribution >= 0.6 is 0 Å². The average molecular weight is 377 g/mol. The molecule has 7 nitrogen and oxygen atoms in total. The molecule has 0 unspecified atom stereocenters. The van der Waals surface area contributed by atoms with E-state index in [0.29, 0.717) is 17.0 Å². The van der Waals surface area contributed by atoms with Gasteiger partial charge in [0.05, 0.1) is 5.56 Å². The Hall–Kier alpha value is -3.48. The number of nitrogens with zero attached hydrogens (tertiary/aromatic N) is 2. The zero-order chi connectivity index (χ0) is 19.5. The third-order valence-electron chi connectivity index (χ3n) is 4.75. The van der Waals surface area contributed by atoms with Gasteiger partial charge in [-0.05, 0) is 73.7 Å². The van der Waals surface area contributed by atoms with Gasteiger partial charge in [0, 0.05) is 11.3 Å². The summed E-state index contributed by atoms with van der Waals surface area (Å²) in [5, 5.41) is 10.2. The molecule has 1 N–H and O–H groups in total. The van der Waals surface area contributed by atoms with E-state index < -0.39 is 12.1 Å². The minimum atomic E-state index is -0.920. The highest BCUT2D eigenvalue weighted by Crippen LogP contribution is 2.25. The second-order valence-electron chi connectivity index (χ2n) is 6.70. The van der Waals surface area contributed by atoms with Crippen LogP contribution in [0.4, 0.5) is 5.69 Å². The van der Waals surface area contributed by atoms with Crippen molar-refractivity contribution >= 4 is 17.6 Å². The molecule has 1 heterocycles. The van der Waals surface area contributed by atoms with Crippen LogP contribution in [-0.4, -0.2) is 28.2 Å². The summed E-state index contributed by atoms with van der Waals surface area (Å²) in [5.41, 5.74) is 4.35. The lowest BCUT2D eigenvalue weighted by molar-refractivity contribution is -0.123. The first-order valence-electron chi connectivity index (χ1n) is 9.10. The maximum Gasteiger partial charge on any atom is 0.338 e. The van der Waals surface area contributed by atoms with Gasteiger partial charge in [0.2, 0.25) is 12.3 Å². The van der Waals surface area contributed by atoms with Crippen molar-refractivity contribution in [3.05, 3.63) is 65.5 Å². The molecule has 0 saturated carbocycles. The number of fused-ring (bicyclic) bond motifs is 1. The van der Waals surface area contributed by atoms with Gasteiger partial charge in [-0.2, -0.15) is 0 Å². The van der Waals surface area contributed by atoms with Crippen LogP contribution in [0.1, 0.15) is 34.8 Å². The third-order valence-corrected chi connectivity index (χ3v) is 4.75. The minimum absolute atomic E-state index is 0.334. The molecular formula is C21H19N3O4. The molecule has 1 aromatic heterocycles. The van der Waals surface area contributed by atoms with E-state index in [1.54, 1.807) is 31.2 Å².